The summed E-state index contributed by atoms with van der Waals surface area (Å²) in [5, 5.41) is 8.28. The first-order chi connectivity index (χ1) is 8.37. The lowest BCUT2D eigenvalue weighted by Gasteiger charge is -2.12. The predicted octanol–water partition coefficient (Wildman–Crippen LogP) is 2.41. The quantitative estimate of drug-likeness (QED) is 0.818. The van der Waals surface area contributed by atoms with Crippen LogP contribution < -0.4 is 5.32 Å². The van der Waals surface area contributed by atoms with Crippen molar-refractivity contribution in [3.8, 4) is 0 Å². The zero-order chi connectivity index (χ0) is 13.8. The fourth-order valence-corrected chi connectivity index (χ4v) is 1.98. The zero-order valence-electron chi connectivity index (χ0n) is 9.12. The molecule has 0 saturated heterocycles. The lowest BCUT2D eigenvalue weighted by atomic mass is 10.4. The van der Waals surface area contributed by atoms with Crippen molar-refractivity contribution in [2.24, 2.45) is 0 Å². The van der Waals surface area contributed by atoms with Crippen LogP contribution in [0.4, 0.5) is 13.9 Å². The fourth-order valence-electron chi connectivity index (χ4n) is 0.878. The van der Waals surface area contributed by atoms with Crippen LogP contribution in [0.25, 0.3) is 0 Å². The summed E-state index contributed by atoms with van der Waals surface area (Å²) in [6.45, 7) is 0.221. The Morgan fingerprint density at radius 1 is 1.56 bits per heavy atom. The van der Waals surface area contributed by atoms with E-state index >= 15 is 0 Å². The van der Waals surface area contributed by atoms with Crippen LogP contribution in [0.2, 0.25) is 0 Å². The van der Waals surface area contributed by atoms with Gasteiger partial charge in [-0.25, -0.2) is 0 Å². The molecule has 1 amide bonds. The molecule has 0 atom stereocenters. The Labute approximate surface area is 115 Å². The van der Waals surface area contributed by atoms with Gasteiger partial charge in [0.2, 0.25) is 11.0 Å². The number of alkyl halides is 4. The molecule has 1 rings (SSSR count). The normalized spacial score (nSPS) is 11.9. The van der Waals surface area contributed by atoms with Crippen LogP contribution in [-0.4, -0.2) is 34.7 Å². The number of nitrogens with one attached hydrogen (secondary N) is 1. The number of methoxy groups -OCH3 is 1. The molecule has 0 fully saturated rings. The summed E-state index contributed by atoms with van der Waals surface area (Å²) in [6, 6.07) is 0. The minimum absolute atomic E-state index is 0.0419. The summed E-state index contributed by atoms with van der Waals surface area (Å²) >= 11 is 10.8. The molecular formula is C8H9Cl2F2N3O2S. The first-order valence-corrected chi connectivity index (χ1v) is 6.35. The Morgan fingerprint density at radius 3 is 2.78 bits per heavy atom. The lowest BCUT2D eigenvalue weighted by Crippen LogP contribution is -2.21. The Kier molecular flexibility index (Phi) is 5.64. The molecule has 1 aromatic heterocycles. The van der Waals surface area contributed by atoms with Crippen molar-refractivity contribution in [2.75, 3.05) is 19.0 Å². The van der Waals surface area contributed by atoms with E-state index in [1.807, 2.05) is 0 Å². The van der Waals surface area contributed by atoms with Crippen LogP contribution in [0.1, 0.15) is 11.4 Å². The Balaban J connectivity index is 2.66. The van der Waals surface area contributed by atoms with Gasteiger partial charge >= 0.3 is 5.92 Å². The molecule has 0 aliphatic heterocycles. The van der Waals surface area contributed by atoms with E-state index in [9.17, 15) is 13.6 Å². The first kappa shape index (κ1) is 15.5. The van der Waals surface area contributed by atoms with Crippen LogP contribution in [0.15, 0.2) is 0 Å². The Morgan fingerprint density at radius 2 is 2.22 bits per heavy atom. The van der Waals surface area contributed by atoms with Crippen molar-refractivity contribution in [3.05, 3.63) is 5.01 Å². The molecule has 0 aromatic carbocycles. The van der Waals surface area contributed by atoms with Gasteiger partial charge in [-0.05, 0) is 0 Å². The summed E-state index contributed by atoms with van der Waals surface area (Å²) < 4.78 is 31.4. The minimum Gasteiger partial charge on any atom is -0.384 e. The van der Waals surface area contributed by atoms with Crippen molar-refractivity contribution < 1.29 is 18.3 Å². The SMILES string of the molecule is COCCC(=O)Nc1nnc(C(F)(F)C(Cl)Cl)s1. The molecule has 0 spiro atoms. The van der Waals surface area contributed by atoms with E-state index in [-0.39, 0.29) is 18.2 Å². The van der Waals surface area contributed by atoms with Crippen molar-refractivity contribution in [1.82, 2.24) is 10.2 Å². The Hall–Kier alpha value is -0.570. The highest BCUT2D eigenvalue weighted by molar-refractivity contribution is 7.15. The number of aromatic nitrogens is 2. The number of rotatable bonds is 6. The van der Waals surface area contributed by atoms with Crippen molar-refractivity contribution in [1.29, 1.82) is 0 Å². The lowest BCUT2D eigenvalue weighted by molar-refractivity contribution is -0.117. The molecule has 0 aliphatic carbocycles. The van der Waals surface area contributed by atoms with Crippen LogP contribution in [0.3, 0.4) is 0 Å². The van der Waals surface area contributed by atoms with E-state index in [4.69, 9.17) is 27.9 Å². The van der Waals surface area contributed by atoms with Gasteiger partial charge in [-0.15, -0.1) is 10.2 Å². The summed E-state index contributed by atoms with van der Waals surface area (Å²) in [5.74, 6) is -3.91. The van der Waals surface area contributed by atoms with Crippen molar-refractivity contribution >= 4 is 45.6 Å². The summed E-state index contributed by atoms with van der Waals surface area (Å²) in [6.07, 6.45) is 0.0927. The molecule has 1 N–H and O–H groups in total. The molecule has 1 heterocycles. The second-order valence-electron chi connectivity index (χ2n) is 3.13. The molecule has 1 aromatic rings. The van der Waals surface area contributed by atoms with E-state index < -0.39 is 21.7 Å². The molecule has 10 heteroatoms. The van der Waals surface area contributed by atoms with Gasteiger partial charge in [0.05, 0.1) is 13.0 Å². The maximum atomic E-state index is 13.3. The third-order valence-electron chi connectivity index (χ3n) is 1.76. The molecule has 5 nitrogen and oxygen atoms in total. The average Bonchev–Trinajstić information content (AvgIpc) is 2.75. The van der Waals surface area contributed by atoms with Gasteiger partial charge in [-0.1, -0.05) is 34.5 Å². The van der Waals surface area contributed by atoms with Crippen LogP contribution in [0, 0.1) is 0 Å². The first-order valence-electron chi connectivity index (χ1n) is 4.66. The fraction of sp³-hybridized carbons (Fsp3) is 0.625. The van der Waals surface area contributed by atoms with E-state index in [2.05, 4.69) is 15.5 Å². The molecule has 18 heavy (non-hydrogen) atoms. The van der Waals surface area contributed by atoms with Crippen LogP contribution in [-0.2, 0) is 15.5 Å². The maximum absolute atomic E-state index is 13.3. The second kappa shape index (κ2) is 6.55. The zero-order valence-corrected chi connectivity index (χ0v) is 11.5. The molecular weight excluding hydrogens is 311 g/mol. The van der Waals surface area contributed by atoms with Crippen LogP contribution in [0.5, 0.6) is 0 Å². The van der Waals surface area contributed by atoms with Crippen molar-refractivity contribution in [3.63, 3.8) is 0 Å². The number of ether oxygens (including phenoxy) is 1. The van der Waals surface area contributed by atoms with Gasteiger partial charge in [0.15, 0.2) is 9.84 Å². The minimum atomic E-state index is -3.50. The number of hydrogen-bond acceptors (Lipinski definition) is 5. The van der Waals surface area contributed by atoms with E-state index in [0.717, 1.165) is 0 Å². The summed E-state index contributed by atoms with van der Waals surface area (Å²) in [4.78, 5) is 9.34. The number of halogens is 4. The summed E-state index contributed by atoms with van der Waals surface area (Å²) in [5.41, 5.74) is 0. The third-order valence-corrected chi connectivity index (χ3v) is 3.24. The van der Waals surface area contributed by atoms with Crippen LogP contribution >= 0.6 is 34.5 Å². The number of amides is 1. The third kappa shape index (κ3) is 3.98. The predicted molar refractivity (Wildman–Crippen MR) is 64.4 cm³/mol. The van der Waals surface area contributed by atoms with Gasteiger partial charge < -0.3 is 10.1 Å². The van der Waals surface area contributed by atoms with E-state index in [1.165, 1.54) is 7.11 Å². The molecule has 0 saturated carbocycles. The van der Waals surface area contributed by atoms with Gasteiger partial charge in [0, 0.05) is 7.11 Å². The van der Waals surface area contributed by atoms with E-state index in [0.29, 0.717) is 11.3 Å². The van der Waals surface area contributed by atoms with E-state index in [1.54, 1.807) is 0 Å². The summed E-state index contributed by atoms with van der Waals surface area (Å²) in [7, 11) is 1.44. The molecule has 102 valence electrons. The van der Waals surface area contributed by atoms with Crippen molar-refractivity contribution in [2.45, 2.75) is 17.2 Å². The number of anilines is 1. The van der Waals surface area contributed by atoms with Gasteiger partial charge in [0.1, 0.15) is 0 Å². The monoisotopic (exact) mass is 319 g/mol. The standard InChI is InChI=1S/C8H9Cl2F2N3O2S/c1-17-3-2-4(16)13-7-15-14-6(18-7)8(11,12)5(9)10/h5H,2-3H2,1H3,(H,13,15,16). The molecule has 0 unspecified atom stereocenters. The molecule has 0 bridgehead atoms. The molecule has 0 aliphatic rings. The van der Waals surface area contributed by atoms with Gasteiger partial charge in [-0.3, -0.25) is 4.79 Å². The number of carbonyl (C=O) groups is 1. The molecule has 0 radical (unpaired) electrons. The topological polar surface area (TPSA) is 64.1 Å². The highest BCUT2D eigenvalue weighted by Gasteiger charge is 2.43. The average molecular weight is 320 g/mol. The number of nitrogens with zero attached hydrogens (tertiary/aromatic N) is 2. The number of hydrogen-bond donors (Lipinski definition) is 1. The Bertz CT molecular complexity index is 417. The number of carbonyl (C=O) groups excluding carboxylic acids is 1. The highest BCUT2D eigenvalue weighted by Crippen LogP contribution is 2.39. The highest BCUT2D eigenvalue weighted by atomic mass is 35.5. The largest absolute Gasteiger partial charge is 0.384 e. The maximum Gasteiger partial charge on any atom is 0.330 e. The second-order valence-corrected chi connectivity index (χ2v) is 5.20. The van der Waals surface area contributed by atoms with Gasteiger partial charge in [-0.2, -0.15) is 8.78 Å². The smallest absolute Gasteiger partial charge is 0.330 e. The van der Waals surface area contributed by atoms with Gasteiger partial charge in [0.25, 0.3) is 0 Å².